The second-order valence-corrected chi connectivity index (χ2v) is 9.51. The molecule has 35 heavy (non-hydrogen) atoms. The van der Waals surface area contributed by atoms with E-state index in [9.17, 15) is 9.90 Å². The number of amidine groups is 1. The van der Waals surface area contributed by atoms with Crippen LogP contribution in [0.5, 0.6) is 23.0 Å². The fourth-order valence-electron chi connectivity index (χ4n) is 4.10. The van der Waals surface area contributed by atoms with Crippen molar-refractivity contribution < 1.29 is 28.5 Å². The third-order valence-electron chi connectivity index (χ3n) is 5.66. The zero-order valence-corrected chi connectivity index (χ0v) is 22.6. The Hall–Kier alpha value is -2.81. The van der Waals surface area contributed by atoms with Crippen molar-refractivity contribution in [1.29, 1.82) is 0 Å². The molecule has 9 heteroatoms. The van der Waals surface area contributed by atoms with Gasteiger partial charge in [-0.05, 0) is 49.9 Å². The number of ketones is 1. The molecule has 0 radical (unpaired) electrons. The van der Waals surface area contributed by atoms with Crippen molar-refractivity contribution in [1.82, 2.24) is 4.90 Å². The summed E-state index contributed by atoms with van der Waals surface area (Å²) in [5.41, 5.74) is 1.52. The fraction of sp³-hybridized carbons (Fsp3) is 0.462. The van der Waals surface area contributed by atoms with Gasteiger partial charge in [-0.15, -0.1) is 0 Å². The smallest absolute Gasteiger partial charge is 0.197 e. The number of phenols is 1. The van der Waals surface area contributed by atoms with Crippen LogP contribution >= 0.6 is 16.1 Å². The number of nitrogens with zero attached hydrogens (tertiary/aromatic N) is 2. The number of phenolic OH excluding ortho intramolecular Hbond substituents is 1. The SMILES string of the molecule is CCOc1cc(C(=O)CN2Cc3cc(OCC)c(OCC)c(F)c3C2=NBr)cc(C(C)(C)C)c1O. The lowest BCUT2D eigenvalue weighted by atomic mass is 9.84. The summed E-state index contributed by atoms with van der Waals surface area (Å²) in [5.74, 6) is 0.159. The van der Waals surface area contributed by atoms with Gasteiger partial charge in [-0.25, -0.2) is 4.39 Å². The maximum absolute atomic E-state index is 15.5. The van der Waals surface area contributed by atoms with Gasteiger partial charge in [-0.2, -0.15) is 4.02 Å². The molecule has 1 aliphatic rings. The summed E-state index contributed by atoms with van der Waals surface area (Å²) in [4.78, 5) is 15.1. The van der Waals surface area contributed by atoms with Crippen molar-refractivity contribution in [3.63, 3.8) is 0 Å². The number of benzene rings is 2. The molecule has 2 aromatic carbocycles. The lowest BCUT2D eigenvalue weighted by molar-refractivity contribution is 0.0962. The topological polar surface area (TPSA) is 80.6 Å². The summed E-state index contributed by atoms with van der Waals surface area (Å²) in [6.45, 7) is 12.5. The number of rotatable bonds is 9. The first-order chi connectivity index (χ1) is 16.6. The molecule has 0 amide bonds. The van der Waals surface area contributed by atoms with Crippen LogP contribution in [-0.2, 0) is 12.0 Å². The van der Waals surface area contributed by atoms with Crippen LogP contribution in [-0.4, -0.2) is 48.0 Å². The number of hydrogen-bond donors (Lipinski definition) is 1. The zero-order valence-electron chi connectivity index (χ0n) is 21.0. The lowest BCUT2D eigenvalue weighted by Gasteiger charge is -2.24. The number of halogens is 2. The number of ether oxygens (including phenoxy) is 3. The number of hydrogen-bond acceptors (Lipinski definition) is 6. The minimum atomic E-state index is -0.570. The first kappa shape index (κ1) is 26.8. The highest BCUT2D eigenvalue weighted by molar-refractivity contribution is 9.08. The van der Waals surface area contributed by atoms with Gasteiger partial charge in [0.2, 0.25) is 0 Å². The molecule has 7 nitrogen and oxygen atoms in total. The van der Waals surface area contributed by atoms with Gasteiger partial charge in [0.05, 0.1) is 48.1 Å². The highest BCUT2D eigenvalue weighted by Gasteiger charge is 2.34. The van der Waals surface area contributed by atoms with Gasteiger partial charge in [-0.3, -0.25) is 4.79 Å². The highest BCUT2D eigenvalue weighted by atomic mass is 79.9. The average molecular weight is 551 g/mol. The average Bonchev–Trinajstić information content (AvgIpc) is 3.14. The summed E-state index contributed by atoms with van der Waals surface area (Å²) >= 11 is 3.10. The van der Waals surface area contributed by atoms with Crippen LogP contribution in [0.15, 0.2) is 22.2 Å². The van der Waals surface area contributed by atoms with Crippen LogP contribution in [0.1, 0.15) is 68.6 Å². The predicted molar refractivity (Wildman–Crippen MR) is 137 cm³/mol. The maximum Gasteiger partial charge on any atom is 0.197 e. The van der Waals surface area contributed by atoms with Crippen LogP contribution in [0, 0.1) is 5.82 Å². The van der Waals surface area contributed by atoms with Gasteiger partial charge in [0, 0.05) is 17.7 Å². The van der Waals surface area contributed by atoms with Crippen molar-refractivity contribution in [3.8, 4) is 23.0 Å². The molecule has 0 aliphatic carbocycles. The van der Waals surface area contributed by atoms with E-state index in [4.69, 9.17) is 14.2 Å². The quantitative estimate of drug-likeness (QED) is 0.398. The number of carbonyl (C=O) groups is 1. The van der Waals surface area contributed by atoms with Gasteiger partial charge in [0.25, 0.3) is 0 Å². The third kappa shape index (κ3) is 5.39. The first-order valence-corrected chi connectivity index (χ1v) is 12.4. The lowest BCUT2D eigenvalue weighted by Crippen LogP contribution is -2.31. The molecule has 0 saturated heterocycles. The van der Waals surface area contributed by atoms with Gasteiger partial charge in [0.15, 0.2) is 34.6 Å². The van der Waals surface area contributed by atoms with Crippen molar-refractivity contribution in [2.24, 2.45) is 4.02 Å². The summed E-state index contributed by atoms with van der Waals surface area (Å²) < 4.78 is 36.3. The zero-order chi connectivity index (χ0) is 25.9. The molecule has 0 bridgehead atoms. The molecule has 0 saturated carbocycles. The molecular formula is C26H32BrFN2O5. The monoisotopic (exact) mass is 550 g/mol. The Bertz CT molecular complexity index is 1140. The number of Topliss-reactive ketones (excluding diaryl/α,β-unsaturated/α-hetero) is 1. The van der Waals surface area contributed by atoms with Gasteiger partial charge in [0.1, 0.15) is 5.84 Å². The standard InChI is InChI=1S/C26H32BrFN2O5/c1-7-33-19-11-15(10-17(23(19)32)26(4,5)6)18(31)14-30-13-16-12-20(34-8-2)24(35-9-3)22(28)21(16)25(30)29-27/h10-12,32H,7-9,13-14H2,1-6H3. The van der Waals surface area contributed by atoms with Crippen molar-refractivity contribution >= 4 is 27.8 Å². The molecule has 2 aromatic rings. The van der Waals surface area contributed by atoms with E-state index in [0.29, 0.717) is 41.5 Å². The van der Waals surface area contributed by atoms with E-state index in [1.54, 1.807) is 30.0 Å². The van der Waals surface area contributed by atoms with E-state index < -0.39 is 11.2 Å². The second kappa shape index (κ2) is 10.8. The van der Waals surface area contributed by atoms with Crippen LogP contribution in [0.4, 0.5) is 4.39 Å². The summed E-state index contributed by atoms with van der Waals surface area (Å²) in [6, 6.07) is 4.97. The minimum absolute atomic E-state index is 0.0289. The molecule has 1 heterocycles. The van der Waals surface area contributed by atoms with Crippen molar-refractivity contribution in [2.75, 3.05) is 26.4 Å². The third-order valence-corrected chi connectivity index (χ3v) is 6.00. The Labute approximate surface area is 214 Å². The van der Waals surface area contributed by atoms with Crippen LogP contribution < -0.4 is 14.2 Å². The number of fused-ring (bicyclic) bond motifs is 1. The molecule has 0 spiro atoms. The molecule has 0 aromatic heterocycles. The van der Waals surface area contributed by atoms with Crippen LogP contribution in [0.3, 0.4) is 0 Å². The van der Waals surface area contributed by atoms with E-state index in [-0.39, 0.29) is 48.3 Å². The minimum Gasteiger partial charge on any atom is -0.504 e. The largest absolute Gasteiger partial charge is 0.504 e. The Morgan fingerprint density at radius 2 is 1.71 bits per heavy atom. The molecule has 1 aliphatic heterocycles. The van der Waals surface area contributed by atoms with E-state index in [1.165, 1.54) is 0 Å². The van der Waals surface area contributed by atoms with Crippen molar-refractivity contribution in [3.05, 3.63) is 46.3 Å². The fourth-order valence-corrected chi connectivity index (χ4v) is 4.50. The Kier molecular flexibility index (Phi) is 8.30. The molecule has 0 fully saturated rings. The highest BCUT2D eigenvalue weighted by Crippen LogP contribution is 2.41. The summed E-state index contributed by atoms with van der Waals surface area (Å²) in [5, 5.41) is 10.7. The van der Waals surface area contributed by atoms with E-state index >= 15 is 4.39 Å². The van der Waals surface area contributed by atoms with Crippen LogP contribution in [0.2, 0.25) is 0 Å². The van der Waals surface area contributed by atoms with Crippen LogP contribution in [0.25, 0.3) is 0 Å². The van der Waals surface area contributed by atoms with Gasteiger partial charge < -0.3 is 24.2 Å². The second-order valence-electron chi connectivity index (χ2n) is 9.16. The van der Waals surface area contributed by atoms with Gasteiger partial charge in [-0.1, -0.05) is 20.8 Å². The molecule has 3 rings (SSSR count). The van der Waals surface area contributed by atoms with E-state index in [0.717, 1.165) is 0 Å². The van der Waals surface area contributed by atoms with E-state index in [2.05, 4.69) is 20.2 Å². The first-order valence-electron chi connectivity index (χ1n) is 11.7. The van der Waals surface area contributed by atoms with Gasteiger partial charge >= 0.3 is 0 Å². The normalized spacial score (nSPS) is 14.3. The Morgan fingerprint density at radius 3 is 2.29 bits per heavy atom. The molecular weight excluding hydrogens is 519 g/mol. The summed E-state index contributed by atoms with van der Waals surface area (Å²) in [6.07, 6.45) is 0. The van der Waals surface area contributed by atoms with Crippen molar-refractivity contribution in [2.45, 2.75) is 53.5 Å². The number of aromatic hydroxyl groups is 1. The summed E-state index contributed by atoms with van der Waals surface area (Å²) in [7, 11) is 0. The number of carbonyl (C=O) groups excluding carboxylic acids is 1. The molecule has 0 unspecified atom stereocenters. The Morgan fingerprint density at radius 1 is 1.09 bits per heavy atom. The molecule has 1 N–H and O–H groups in total. The Balaban J connectivity index is 1.98. The maximum atomic E-state index is 15.5. The predicted octanol–water partition coefficient (Wildman–Crippen LogP) is 5.78. The molecule has 0 atom stereocenters. The molecule has 190 valence electrons. The van der Waals surface area contributed by atoms with E-state index in [1.807, 2.05) is 34.6 Å².